The van der Waals surface area contributed by atoms with Crippen molar-refractivity contribution in [3.05, 3.63) is 23.2 Å². The van der Waals surface area contributed by atoms with Gasteiger partial charge >= 0.3 is 0 Å². The highest BCUT2D eigenvalue weighted by molar-refractivity contribution is 6.29. The molecule has 1 aromatic heterocycles. The minimum Gasteiger partial charge on any atom is -0.346 e. The van der Waals surface area contributed by atoms with Crippen LogP contribution >= 0.6 is 11.6 Å². The number of hydrogen-bond acceptors (Lipinski definition) is 3. The Kier molecular flexibility index (Phi) is 4.24. The predicted octanol–water partition coefficient (Wildman–Crippen LogP) is 2.44. The van der Waals surface area contributed by atoms with Crippen molar-refractivity contribution in [2.24, 2.45) is 0 Å². The average Bonchev–Trinajstić information content (AvgIpc) is 2.29. The first-order valence-electron chi connectivity index (χ1n) is 5.31. The van der Waals surface area contributed by atoms with E-state index in [1.807, 2.05) is 20.8 Å². The van der Waals surface area contributed by atoms with Gasteiger partial charge < -0.3 is 5.32 Å². The van der Waals surface area contributed by atoms with Crippen LogP contribution in [0.1, 0.15) is 44.1 Å². The largest absolute Gasteiger partial charge is 0.346 e. The Morgan fingerprint density at radius 3 is 2.44 bits per heavy atom. The molecule has 0 aliphatic rings. The van der Waals surface area contributed by atoms with Crippen molar-refractivity contribution in [3.8, 4) is 0 Å². The van der Waals surface area contributed by atoms with Gasteiger partial charge in [-0.2, -0.15) is 0 Å². The first-order chi connectivity index (χ1) is 7.50. The van der Waals surface area contributed by atoms with Gasteiger partial charge in [0.05, 0.1) is 12.4 Å². The maximum absolute atomic E-state index is 11.8. The van der Waals surface area contributed by atoms with Gasteiger partial charge in [-0.05, 0) is 19.8 Å². The molecule has 0 radical (unpaired) electrons. The van der Waals surface area contributed by atoms with Crippen molar-refractivity contribution in [3.63, 3.8) is 0 Å². The number of nitrogens with one attached hydrogen (secondary N) is 1. The fourth-order valence-electron chi connectivity index (χ4n) is 1.19. The number of nitrogens with zero attached hydrogens (tertiary/aromatic N) is 2. The summed E-state index contributed by atoms with van der Waals surface area (Å²) >= 11 is 5.60. The van der Waals surface area contributed by atoms with Crippen LogP contribution in [0.3, 0.4) is 0 Å². The number of hydrogen-bond donors (Lipinski definition) is 1. The van der Waals surface area contributed by atoms with Crippen molar-refractivity contribution >= 4 is 17.5 Å². The first kappa shape index (κ1) is 12.9. The second kappa shape index (κ2) is 5.25. The van der Waals surface area contributed by atoms with Crippen LogP contribution in [0.15, 0.2) is 12.4 Å². The summed E-state index contributed by atoms with van der Waals surface area (Å²) in [7, 11) is 0. The highest BCUT2D eigenvalue weighted by Crippen LogP contribution is 2.14. The summed E-state index contributed by atoms with van der Waals surface area (Å²) in [6.07, 6.45) is 4.49. The molecule has 0 aromatic carbocycles. The molecule has 0 spiro atoms. The van der Waals surface area contributed by atoms with Gasteiger partial charge in [-0.3, -0.25) is 4.79 Å². The van der Waals surface area contributed by atoms with Crippen molar-refractivity contribution in [1.82, 2.24) is 15.3 Å². The van der Waals surface area contributed by atoms with Crippen molar-refractivity contribution in [2.75, 3.05) is 0 Å². The molecular weight excluding hydrogens is 226 g/mol. The minimum atomic E-state index is -0.213. The van der Waals surface area contributed by atoms with Crippen molar-refractivity contribution in [2.45, 2.75) is 39.2 Å². The molecule has 0 atom stereocenters. The monoisotopic (exact) mass is 241 g/mol. The third kappa shape index (κ3) is 3.17. The Bertz CT molecular complexity index is 360. The molecule has 1 rings (SSSR count). The van der Waals surface area contributed by atoms with E-state index in [9.17, 15) is 4.79 Å². The van der Waals surface area contributed by atoms with E-state index in [1.165, 1.54) is 12.4 Å². The SMILES string of the molecule is CCC(C)(CC)NC(=O)c1cnc(Cl)cn1. The minimum absolute atomic E-state index is 0.196. The van der Waals surface area contributed by atoms with E-state index in [0.29, 0.717) is 0 Å². The van der Waals surface area contributed by atoms with Gasteiger partial charge in [0.25, 0.3) is 5.91 Å². The zero-order chi connectivity index (χ0) is 12.2. The number of carbonyl (C=O) groups is 1. The number of amides is 1. The van der Waals surface area contributed by atoms with Crippen LogP contribution in [-0.4, -0.2) is 21.4 Å². The van der Waals surface area contributed by atoms with E-state index in [0.717, 1.165) is 12.8 Å². The van der Waals surface area contributed by atoms with Gasteiger partial charge in [0.2, 0.25) is 0 Å². The van der Waals surface area contributed by atoms with Crippen LogP contribution in [0.25, 0.3) is 0 Å². The Morgan fingerprint density at radius 2 is 2.00 bits per heavy atom. The number of halogens is 1. The Hall–Kier alpha value is -1.16. The van der Waals surface area contributed by atoms with E-state index in [-0.39, 0.29) is 22.3 Å². The van der Waals surface area contributed by atoms with Gasteiger partial charge in [-0.25, -0.2) is 9.97 Å². The molecule has 0 aliphatic heterocycles. The summed E-state index contributed by atoms with van der Waals surface area (Å²) in [6.45, 7) is 6.09. The lowest BCUT2D eigenvalue weighted by molar-refractivity contribution is 0.0895. The smallest absolute Gasteiger partial charge is 0.271 e. The fourth-order valence-corrected chi connectivity index (χ4v) is 1.29. The number of rotatable bonds is 4. The summed E-state index contributed by atoms with van der Waals surface area (Å²) in [5.41, 5.74) is 0.0933. The Morgan fingerprint density at radius 1 is 1.38 bits per heavy atom. The van der Waals surface area contributed by atoms with Crippen molar-refractivity contribution in [1.29, 1.82) is 0 Å². The standard InChI is InChI=1S/C11H16ClN3O/c1-4-11(3,5-2)15-10(16)8-6-14-9(12)7-13-8/h6-7H,4-5H2,1-3H3,(H,15,16). The molecular formula is C11H16ClN3O. The van der Waals surface area contributed by atoms with Crippen LogP contribution in [0.2, 0.25) is 5.15 Å². The molecule has 1 N–H and O–H groups in total. The molecule has 0 saturated heterocycles. The van der Waals surface area contributed by atoms with E-state index in [4.69, 9.17) is 11.6 Å². The lowest BCUT2D eigenvalue weighted by Crippen LogP contribution is -2.45. The Labute approximate surface area is 100 Å². The van der Waals surface area contributed by atoms with E-state index >= 15 is 0 Å². The topological polar surface area (TPSA) is 54.9 Å². The molecule has 16 heavy (non-hydrogen) atoms. The van der Waals surface area contributed by atoms with E-state index in [2.05, 4.69) is 15.3 Å². The summed E-state index contributed by atoms with van der Waals surface area (Å²) in [6, 6.07) is 0. The quantitative estimate of drug-likeness (QED) is 0.881. The highest BCUT2D eigenvalue weighted by Gasteiger charge is 2.23. The van der Waals surface area contributed by atoms with Crippen LogP contribution in [0, 0.1) is 0 Å². The van der Waals surface area contributed by atoms with E-state index in [1.54, 1.807) is 0 Å². The lowest BCUT2D eigenvalue weighted by Gasteiger charge is -2.27. The van der Waals surface area contributed by atoms with Crippen LogP contribution in [0.4, 0.5) is 0 Å². The fraction of sp³-hybridized carbons (Fsp3) is 0.545. The van der Waals surface area contributed by atoms with Crippen LogP contribution < -0.4 is 5.32 Å². The molecule has 0 fully saturated rings. The molecule has 88 valence electrons. The molecule has 0 unspecified atom stereocenters. The molecule has 4 nitrogen and oxygen atoms in total. The predicted molar refractivity (Wildman–Crippen MR) is 63.5 cm³/mol. The van der Waals surface area contributed by atoms with Crippen LogP contribution in [0.5, 0.6) is 0 Å². The molecule has 1 aromatic rings. The normalized spacial score (nSPS) is 11.2. The second-order valence-electron chi connectivity index (χ2n) is 3.95. The maximum Gasteiger partial charge on any atom is 0.271 e. The second-order valence-corrected chi connectivity index (χ2v) is 4.33. The van der Waals surface area contributed by atoms with Gasteiger partial charge in [0, 0.05) is 5.54 Å². The van der Waals surface area contributed by atoms with Crippen molar-refractivity contribution < 1.29 is 4.79 Å². The molecule has 0 aliphatic carbocycles. The zero-order valence-corrected chi connectivity index (χ0v) is 10.5. The molecule has 1 heterocycles. The van der Waals surface area contributed by atoms with Gasteiger partial charge in [0.15, 0.2) is 0 Å². The van der Waals surface area contributed by atoms with Gasteiger partial charge in [-0.15, -0.1) is 0 Å². The van der Waals surface area contributed by atoms with Gasteiger partial charge in [0.1, 0.15) is 10.8 Å². The summed E-state index contributed by atoms with van der Waals surface area (Å²) < 4.78 is 0. The maximum atomic E-state index is 11.8. The van der Waals surface area contributed by atoms with Gasteiger partial charge in [-0.1, -0.05) is 25.4 Å². The lowest BCUT2D eigenvalue weighted by atomic mass is 9.95. The highest BCUT2D eigenvalue weighted by atomic mass is 35.5. The first-order valence-corrected chi connectivity index (χ1v) is 5.68. The van der Waals surface area contributed by atoms with E-state index < -0.39 is 0 Å². The Balaban J connectivity index is 2.76. The zero-order valence-electron chi connectivity index (χ0n) is 9.75. The molecule has 0 bridgehead atoms. The molecule has 1 amide bonds. The molecule has 5 heteroatoms. The third-order valence-electron chi connectivity index (χ3n) is 2.83. The molecule has 0 saturated carbocycles. The summed E-state index contributed by atoms with van der Waals surface area (Å²) in [5, 5.41) is 3.23. The summed E-state index contributed by atoms with van der Waals surface area (Å²) in [4.78, 5) is 19.6. The summed E-state index contributed by atoms with van der Waals surface area (Å²) in [5.74, 6) is -0.213. The number of carbonyl (C=O) groups excluding carboxylic acids is 1. The third-order valence-corrected chi connectivity index (χ3v) is 3.02. The van der Waals surface area contributed by atoms with Crippen LogP contribution in [-0.2, 0) is 0 Å². The number of aromatic nitrogens is 2. The average molecular weight is 242 g/mol.